The number of piperidine rings is 1. The molecule has 1 aromatic carbocycles. The number of carboxylic acids is 1. The fourth-order valence-electron chi connectivity index (χ4n) is 7.79. The van der Waals surface area contributed by atoms with Crippen LogP contribution in [0.4, 0.5) is 4.79 Å². The van der Waals surface area contributed by atoms with Gasteiger partial charge >= 0.3 is 12.1 Å². The molecule has 3 aliphatic rings. The summed E-state index contributed by atoms with van der Waals surface area (Å²) >= 11 is 0. The van der Waals surface area contributed by atoms with Crippen LogP contribution in [0.25, 0.3) is 0 Å². The van der Waals surface area contributed by atoms with Crippen LogP contribution in [-0.4, -0.2) is 41.7 Å². The number of hydrogen-bond donors (Lipinski definition) is 3. The van der Waals surface area contributed by atoms with E-state index in [0.29, 0.717) is 18.2 Å². The highest BCUT2D eigenvalue weighted by Gasteiger charge is 2.51. The fourth-order valence-corrected chi connectivity index (χ4v) is 7.79. The molecule has 7 heteroatoms. The van der Waals surface area contributed by atoms with Crippen LogP contribution < -0.4 is 10.1 Å². The van der Waals surface area contributed by atoms with Gasteiger partial charge < -0.3 is 25.0 Å². The first-order valence-corrected chi connectivity index (χ1v) is 17.5. The molecule has 0 amide bonds. The third kappa shape index (κ3) is 12.0. The van der Waals surface area contributed by atoms with Crippen molar-refractivity contribution in [2.75, 3.05) is 13.3 Å². The molecule has 0 aromatic heterocycles. The normalized spacial score (nSPS) is 22.0. The van der Waals surface area contributed by atoms with Gasteiger partial charge in [0.2, 0.25) is 6.79 Å². The molecule has 0 radical (unpaired) electrons. The maximum Gasteiger partial charge on any atom is 0.508 e. The average Bonchev–Trinajstić information content (AvgIpc) is 2.99. The Morgan fingerprint density at radius 3 is 2.09 bits per heavy atom. The zero-order valence-electron chi connectivity index (χ0n) is 26.9. The van der Waals surface area contributed by atoms with E-state index in [2.05, 4.69) is 29.1 Å². The molecular formula is C36H59NO6. The van der Waals surface area contributed by atoms with E-state index < -0.39 is 12.1 Å². The van der Waals surface area contributed by atoms with E-state index in [1.165, 1.54) is 127 Å². The standard InChI is InChI=1S/C18H23NO4.C18H36O2/c20-17(21)23-11-22-13-5-4-12-9-16-14-3-1-2-6-18(14,7-8-19-16)15(12)10-13;1-2-3-4-5-6-7-8-9-10-11-12-13-14-15-16-17-18(19)20/h4-5,10,14,16,19H,1-3,6-9,11H2,(H,20,21);2-17H2,1H3,(H,19,20)/t14-,16+,18+;/m0./s1. The van der Waals surface area contributed by atoms with E-state index in [9.17, 15) is 9.59 Å². The van der Waals surface area contributed by atoms with E-state index in [-0.39, 0.29) is 12.2 Å². The van der Waals surface area contributed by atoms with Gasteiger partial charge in [0.05, 0.1) is 0 Å². The molecule has 0 spiro atoms. The molecule has 1 saturated heterocycles. The van der Waals surface area contributed by atoms with Crippen molar-refractivity contribution in [3.63, 3.8) is 0 Å². The number of carboxylic acid groups (broad SMARTS) is 2. The molecule has 1 aromatic rings. The Kier molecular flexibility index (Phi) is 16.3. The molecule has 2 aliphatic carbocycles. The van der Waals surface area contributed by atoms with Crippen molar-refractivity contribution < 1.29 is 29.3 Å². The van der Waals surface area contributed by atoms with Crippen molar-refractivity contribution in [2.45, 2.75) is 160 Å². The summed E-state index contributed by atoms with van der Waals surface area (Å²) in [5.74, 6) is 0.781. The van der Waals surface area contributed by atoms with Gasteiger partial charge in [-0.1, -0.05) is 116 Å². The Morgan fingerprint density at radius 2 is 1.49 bits per heavy atom. The largest absolute Gasteiger partial charge is 0.508 e. The third-order valence-electron chi connectivity index (χ3n) is 10.0. The van der Waals surface area contributed by atoms with Crippen LogP contribution in [0.1, 0.15) is 153 Å². The summed E-state index contributed by atoms with van der Waals surface area (Å²) in [5.41, 5.74) is 3.15. The first kappa shape index (κ1) is 35.2. The minimum Gasteiger partial charge on any atom is -0.481 e. The van der Waals surface area contributed by atoms with Crippen molar-refractivity contribution in [1.82, 2.24) is 5.32 Å². The molecule has 43 heavy (non-hydrogen) atoms. The minimum absolute atomic E-state index is 0.255. The van der Waals surface area contributed by atoms with Crippen LogP contribution in [0.3, 0.4) is 0 Å². The summed E-state index contributed by atoms with van der Waals surface area (Å²) < 4.78 is 9.94. The van der Waals surface area contributed by atoms with Gasteiger partial charge in [-0.25, -0.2) is 4.79 Å². The monoisotopic (exact) mass is 601 g/mol. The van der Waals surface area contributed by atoms with E-state index in [0.717, 1.165) is 31.7 Å². The van der Waals surface area contributed by atoms with Crippen molar-refractivity contribution >= 4 is 12.1 Å². The smallest absolute Gasteiger partial charge is 0.481 e. The van der Waals surface area contributed by atoms with Crippen LogP contribution in [0.15, 0.2) is 18.2 Å². The highest BCUT2D eigenvalue weighted by atomic mass is 16.7. The summed E-state index contributed by atoms with van der Waals surface area (Å²) in [6.45, 7) is 3.11. The van der Waals surface area contributed by atoms with Crippen LogP contribution in [-0.2, 0) is 21.4 Å². The summed E-state index contributed by atoms with van der Waals surface area (Å²) in [6.07, 6.45) is 26.4. The number of ether oxygens (including phenoxy) is 2. The zero-order chi connectivity index (χ0) is 30.8. The minimum atomic E-state index is -1.31. The van der Waals surface area contributed by atoms with Crippen molar-refractivity contribution in [3.05, 3.63) is 29.3 Å². The zero-order valence-corrected chi connectivity index (χ0v) is 26.9. The number of carbonyl (C=O) groups is 2. The molecule has 2 fully saturated rings. The summed E-state index contributed by atoms with van der Waals surface area (Å²) in [6, 6.07) is 6.83. The number of fused-ring (bicyclic) bond motifs is 1. The maximum atomic E-state index is 10.4. The molecule has 1 heterocycles. The lowest BCUT2D eigenvalue weighted by Crippen LogP contribution is -2.59. The SMILES string of the molecule is CCCCCCCCCCCCCCCCCC(=O)O.O=C(O)OCOc1ccc2c(c1)[C@@]13CCCC[C@H]1[C@@H](C2)NCC3. The predicted octanol–water partition coefficient (Wildman–Crippen LogP) is 9.40. The molecule has 2 bridgehead atoms. The number of nitrogens with one attached hydrogen (secondary N) is 1. The number of hydrogen-bond acceptors (Lipinski definition) is 5. The van der Waals surface area contributed by atoms with Gasteiger partial charge in [-0.05, 0) is 67.8 Å². The molecule has 3 atom stereocenters. The predicted molar refractivity (Wildman–Crippen MR) is 172 cm³/mol. The fraction of sp³-hybridized carbons (Fsp3) is 0.778. The van der Waals surface area contributed by atoms with Crippen LogP contribution in [0, 0.1) is 5.92 Å². The third-order valence-corrected chi connectivity index (χ3v) is 10.0. The Hall–Kier alpha value is -2.28. The van der Waals surface area contributed by atoms with E-state index in [4.69, 9.17) is 14.9 Å². The lowest BCUT2D eigenvalue weighted by Gasteiger charge is -2.56. The Labute approximate surface area is 260 Å². The Balaban J connectivity index is 0.000000239. The van der Waals surface area contributed by atoms with Gasteiger partial charge in [-0.3, -0.25) is 4.79 Å². The van der Waals surface area contributed by atoms with Crippen molar-refractivity contribution in [1.29, 1.82) is 0 Å². The summed E-state index contributed by atoms with van der Waals surface area (Å²) in [7, 11) is 0. The van der Waals surface area contributed by atoms with E-state index in [1.54, 1.807) is 0 Å². The molecule has 3 N–H and O–H groups in total. The Bertz CT molecular complexity index is 948. The number of rotatable bonds is 19. The van der Waals surface area contributed by atoms with Gasteiger partial charge in [0.25, 0.3) is 0 Å². The maximum absolute atomic E-state index is 10.4. The summed E-state index contributed by atoms with van der Waals surface area (Å²) in [5, 5.41) is 20.8. The molecule has 244 valence electrons. The molecule has 4 rings (SSSR count). The second-order valence-corrected chi connectivity index (χ2v) is 13.1. The summed E-state index contributed by atoms with van der Waals surface area (Å²) in [4.78, 5) is 20.8. The van der Waals surface area contributed by atoms with Crippen LogP contribution in [0.2, 0.25) is 0 Å². The highest BCUT2D eigenvalue weighted by molar-refractivity contribution is 5.66. The quantitative estimate of drug-likeness (QED) is 0.0824. The number of benzene rings is 1. The van der Waals surface area contributed by atoms with Gasteiger partial charge in [-0.15, -0.1) is 0 Å². The van der Waals surface area contributed by atoms with Crippen LogP contribution in [0.5, 0.6) is 5.75 Å². The first-order valence-electron chi connectivity index (χ1n) is 17.5. The van der Waals surface area contributed by atoms with E-state index >= 15 is 0 Å². The lowest BCUT2D eigenvalue weighted by atomic mass is 9.53. The Morgan fingerprint density at radius 1 is 0.860 bits per heavy atom. The molecule has 1 saturated carbocycles. The van der Waals surface area contributed by atoms with Gasteiger partial charge in [0.15, 0.2) is 0 Å². The van der Waals surface area contributed by atoms with Crippen molar-refractivity contribution in [3.8, 4) is 5.75 Å². The highest BCUT2D eigenvalue weighted by Crippen LogP contribution is 2.54. The van der Waals surface area contributed by atoms with Gasteiger partial charge in [-0.2, -0.15) is 0 Å². The average molecular weight is 602 g/mol. The number of aliphatic carboxylic acids is 1. The second kappa shape index (κ2) is 19.9. The van der Waals surface area contributed by atoms with E-state index in [1.807, 2.05) is 6.07 Å². The lowest BCUT2D eigenvalue weighted by molar-refractivity contribution is -0.137. The van der Waals surface area contributed by atoms with Gasteiger partial charge in [0.1, 0.15) is 5.75 Å². The molecule has 0 unspecified atom stereocenters. The van der Waals surface area contributed by atoms with Crippen molar-refractivity contribution in [2.24, 2.45) is 5.92 Å². The molecule has 1 aliphatic heterocycles. The number of unbranched alkanes of at least 4 members (excludes halogenated alkanes) is 14. The topological polar surface area (TPSA) is 105 Å². The molecular weight excluding hydrogens is 542 g/mol. The van der Waals surface area contributed by atoms with Crippen LogP contribution >= 0.6 is 0 Å². The van der Waals surface area contributed by atoms with Gasteiger partial charge in [0, 0.05) is 17.9 Å². The molecule has 7 nitrogen and oxygen atoms in total. The second-order valence-electron chi connectivity index (χ2n) is 13.1. The first-order chi connectivity index (χ1) is 21.0.